The minimum Gasteiger partial charge on any atom is -0.327 e. The highest BCUT2D eigenvalue weighted by Crippen LogP contribution is 2.19. The van der Waals surface area contributed by atoms with Gasteiger partial charge in [0.15, 0.2) is 0 Å². The molecule has 1 aromatic rings. The molecule has 1 nitrogen and oxygen atoms in total. The van der Waals surface area contributed by atoms with Crippen LogP contribution in [0.3, 0.4) is 0 Å². The van der Waals surface area contributed by atoms with E-state index in [1.165, 1.54) is 10.5 Å². The first-order valence-electron chi connectivity index (χ1n) is 5.03. The van der Waals surface area contributed by atoms with Crippen molar-refractivity contribution in [1.29, 1.82) is 0 Å². The highest BCUT2D eigenvalue weighted by Gasteiger charge is 2.08. The molecule has 0 aliphatic heterocycles. The Hall–Kier alpha value is -0.470. The molecule has 0 aliphatic carbocycles. The molecule has 0 atom stereocenters. The Labute approximate surface area is 91.7 Å². The predicted molar refractivity (Wildman–Crippen MR) is 64.6 cm³/mol. The molecular weight excluding hydrogens is 190 g/mol. The van der Waals surface area contributed by atoms with Gasteiger partial charge in [-0.3, -0.25) is 0 Å². The largest absolute Gasteiger partial charge is 0.327 e. The Bertz CT molecular complexity index is 289. The molecule has 0 heterocycles. The van der Waals surface area contributed by atoms with Crippen molar-refractivity contribution in [2.75, 3.05) is 26.9 Å². The van der Waals surface area contributed by atoms with Gasteiger partial charge >= 0.3 is 0 Å². The molecule has 2 heteroatoms. The third-order valence-corrected chi connectivity index (χ3v) is 2.74. The van der Waals surface area contributed by atoms with E-state index in [1.54, 1.807) is 0 Å². The highest BCUT2D eigenvalue weighted by molar-refractivity contribution is 7.99. The van der Waals surface area contributed by atoms with Gasteiger partial charge in [0.05, 0.1) is 21.1 Å². The van der Waals surface area contributed by atoms with E-state index in [0.717, 1.165) is 16.8 Å². The SMILES string of the molecule is CCSc1cccc(C[N+](C)(C)C)c1. The van der Waals surface area contributed by atoms with Crippen LogP contribution in [0.15, 0.2) is 29.2 Å². The Morgan fingerprint density at radius 2 is 1.93 bits per heavy atom. The molecule has 0 spiro atoms. The maximum atomic E-state index is 2.30. The lowest BCUT2D eigenvalue weighted by Gasteiger charge is -2.24. The zero-order chi connectivity index (χ0) is 10.6. The summed E-state index contributed by atoms with van der Waals surface area (Å²) >= 11 is 1.91. The quantitative estimate of drug-likeness (QED) is 0.544. The van der Waals surface area contributed by atoms with E-state index in [2.05, 4.69) is 52.3 Å². The van der Waals surface area contributed by atoms with Gasteiger partial charge in [0.25, 0.3) is 0 Å². The van der Waals surface area contributed by atoms with Gasteiger partial charge in [0.2, 0.25) is 0 Å². The normalized spacial score (nSPS) is 11.7. The molecule has 0 aliphatic rings. The fourth-order valence-electron chi connectivity index (χ4n) is 1.45. The van der Waals surface area contributed by atoms with Crippen LogP contribution >= 0.6 is 11.8 Å². The minimum absolute atomic E-state index is 0.986. The van der Waals surface area contributed by atoms with Crippen molar-refractivity contribution in [2.45, 2.75) is 18.4 Å². The number of quaternary nitrogens is 1. The summed E-state index contributed by atoms with van der Waals surface area (Å²) in [4.78, 5) is 1.39. The zero-order valence-corrected chi connectivity index (χ0v) is 10.4. The van der Waals surface area contributed by atoms with Crippen LogP contribution in [0, 0.1) is 0 Å². The molecule has 0 radical (unpaired) electrons. The summed E-state index contributed by atoms with van der Waals surface area (Å²) in [6, 6.07) is 8.86. The Balaban J connectivity index is 2.73. The first-order chi connectivity index (χ1) is 6.51. The van der Waals surface area contributed by atoms with Gasteiger partial charge in [0, 0.05) is 10.5 Å². The molecule has 14 heavy (non-hydrogen) atoms. The topological polar surface area (TPSA) is 0 Å². The molecule has 0 N–H and O–H groups in total. The lowest BCUT2D eigenvalue weighted by atomic mass is 10.2. The molecule has 0 bridgehead atoms. The molecule has 0 saturated carbocycles. The van der Waals surface area contributed by atoms with E-state index in [9.17, 15) is 0 Å². The highest BCUT2D eigenvalue weighted by atomic mass is 32.2. The third-order valence-electron chi connectivity index (χ3n) is 1.87. The summed E-state index contributed by atoms with van der Waals surface area (Å²) in [5, 5.41) is 0. The fraction of sp³-hybridized carbons (Fsp3) is 0.500. The molecule has 0 aromatic heterocycles. The van der Waals surface area contributed by atoms with Crippen molar-refractivity contribution in [2.24, 2.45) is 0 Å². The molecule has 1 rings (SSSR count). The zero-order valence-electron chi connectivity index (χ0n) is 9.58. The lowest BCUT2D eigenvalue weighted by Crippen LogP contribution is -2.33. The Morgan fingerprint density at radius 3 is 2.50 bits per heavy atom. The van der Waals surface area contributed by atoms with Crippen LogP contribution < -0.4 is 0 Å². The lowest BCUT2D eigenvalue weighted by molar-refractivity contribution is -0.884. The predicted octanol–water partition coefficient (Wildman–Crippen LogP) is 3.00. The first kappa shape index (κ1) is 11.6. The second kappa shape index (κ2) is 4.85. The van der Waals surface area contributed by atoms with E-state index in [4.69, 9.17) is 0 Å². The van der Waals surface area contributed by atoms with E-state index < -0.39 is 0 Å². The maximum absolute atomic E-state index is 2.30. The summed E-state index contributed by atoms with van der Waals surface area (Å²) in [7, 11) is 6.67. The van der Waals surface area contributed by atoms with Gasteiger partial charge < -0.3 is 4.48 Å². The smallest absolute Gasteiger partial charge is 0.104 e. The minimum atomic E-state index is 0.986. The van der Waals surface area contributed by atoms with Crippen LogP contribution in [-0.4, -0.2) is 31.4 Å². The summed E-state index contributed by atoms with van der Waals surface area (Å²) in [6.07, 6.45) is 0. The van der Waals surface area contributed by atoms with Gasteiger partial charge in [-0.1, -0.05) is 19.1 Å². The maximum Gasteiger partial charge on any atom is 0.104 e. The van der Waals surface area contributed by atoms with Gasteiger partial charge in [-0.2, -0.15) is 0 Å². The second-order valence-electron chi connectivity index (χ2n) is 4.53. The summed E-state index contributed by atoms with van der Waals surface area (Å²) < 4.78 is 0.986. The molecule has 0 unspecified atom stereocenters. The number of hydrogen-bond acceptors (Lipinski definition) is 1. The van der Waals surface area contributed by atoms with Crippen LogP contribution in [0.4, 0.5) is 0 Å². The van der Waals surface area contributed by atoms with Crippen LogP contribution in [0.5, 0.6) is 0 Å². The summed E-state index contributed by atoms with van der Waals surface area (Å²) in [5.41, 5.74) is 1.43. The van der Waals surface area contributed by atoms with Crippen molar-refractivity contribution < 1.29 is 4.48 Å². The van der Waals surface area contributed by atoms with E-state index in [0.29, 0.717) is 0 Å². The van der Waals surface area contributed by atoms with Crippen LogP contribution in [0.1, 0.15) is 12.5 Å². The van der Waals surface area contributed by atoms with Crippen LogP contribution in [0.2, 0.25) is 0 Å². The Kier molecular flexibility index (Phi) is 4.02. The van der Waals surface area contributed by atoms with Crippen molar-refractivity contribution in [3.05, 3.63) is 29.8 Å². The third kappa shape index (κ3) is 4.16. The summed E-state index contributed by atoms with van der Waals surface area (Å²) in [5.74, 6) is 1.15. The number of nitrogens with zero attached hydrogens (tertiary/aromatic N) is 1. The second-order valence-corrected chi connectivity index (χ2v) is 5.87. The van der Waals surface area contributed by atoms with E-state index >= 15 is 0 Å². The van der Waals surface area contributed by atoms with Gasteiger partial charge in [-0.05, 0) is 17.9 Å². The average molecular weight is 210 g/mol. The van der Waals surface area contributed by atoms with Gasteiger partial charge in [-0.15, -0.1) is 11.8 Å². The first-order valence-corrected chi connectivity index (χ1v) is 6.02. The van der Waals surface area contributed by atoms with E-state index in [1.807, 2.05) is 11.8 Å². The van der Waals surface area contributed by atoms with Crippen LogP contribution in [0.25, 0.3) is 0 Å². The van der Waals surface area contributed by atoms with Crippen molar-refractivity contribution in [3.8, 4) is 0 Å². The Morgan fingerprint density at radius 1 is 1.21 bits per heavy atom. The van der Waals surface area contributed by atoms with Gasteiger partial charge in [0.1, 0.15) is 6.54 Å². The molecule has 1 aromatic carbocycles. The van der Waals surface area contributed by atoms with Crippen molar-refractivity contribution in [3.63, 3.8) is 0 Å². The molecule has 0 saturated heterocycles. The summed E-state index contributed by atoms with van der Waals surface area (Å²) in [6.45, 7) is 3.29. The molecule has 0 amide bonds. The standard InChI is InChI=1S/C12H20NS/c1-5-14-12-8-6-7-11(9-12)10-13(2,3)4/h6-9H,5,10H2,1-4H3/q+1. The monoisotopic (exact) mass is 210 g/mol. The van der Waals surface area contributed by atoms with E-state index in [-0.39, 0.29) is 0 Å². The average Bonchev–Trinajstić information content (AvgIpc) is 2.02. The molecule has 0 fully saturated rings. The van der Waals surface area contributed by atoms with Crippen molar-refractivity contribution in [1.82, 2.24) is 0 Å². The number of rotatable bonds is 4. The molecular formula is C12H20NS+. The van der Waals surface area contributed by atoms with Crippen LogP contribution in [-0.2, 0) is 6.54 Å². The fourth-order valence-corrected chi connectivity index (χ4v) is 2.19. The number of benzene rings is 1. The van der Waals surface area contributed by atoms with Gasteiger partial charge in [-0.25, -0.2) is 0 Å². The number of hydrogen-bond donors (Lipinski definition) is 0. The molecule has 78 valence electrons. The number of thioether (sulfide) groups is 1. The van der Waals surface area contributed by atoms with Crippen molar-refractivity contribution >= 4 is 11.8 Å².